The summed E-state index contributed by atoms with van der Waals surface area (Å²) in [6.07, 6.45) is 0. The Balaban J connectivity index is 2.55. The monoisotopic (exact) mass is 210 g/mol. The predicted molar refractivity (Wildman–Crippen MR) is 53.0 cm³/mol. The molecule has 0 atom stereocenters. The fourth-order valence-electron chi connectivity index (χ4n) is 1.12. The van der Waals surface area contributed by atoms with Gasteiger partial charge in [-0.15, -0.1) is 0 Å². The van der Waals surface area contributed by atoms with E-state index in [2.05, 4.69) is 5.16 Å². The Labute approximate surface area is 84.9 Å². The third kappa shape index (κ3) is 1.52. The van der Waals surface area contributed by atoms with Gasteiger partial charge in [0.25, 0.3) is 0 Å². The van der Waals surface area contributed by atoms with E-state index in [0.717, 1.165) is 0 Å². The molecular formula is C9H7ClN2O2. The molecular weight excluding hydrogens is 204 g/mol. The molecule has 4 nitrogen and oxygen atoms in total. The number of phenols is 1. The second-order valence-corrected chi connectivity index (χ2v) is 3.21. The van der Waals surface area contributed by atoms with E-state index in [1.165, 1.54) is 12.1 Å². The van der Waals surface area contributed by atoms with E-state index in [9.17, 15) is 5.11 Å². The molecule has 2 rings (SSSR count). The summed E-state index contributed by atoms with van der Waals surface area (Å²) >= 11 is 5.77. The quantitative estimate of drug-likeness (QED) is 0.758. The average Bonchev–Trinajstić information content (AvgIpc) is 2.56. The van der Waals surface area contributed by atoms with Crippen LogP contribution in [0, 0.1) is 0 Å². The first kappa shape index (κ1) is 8.90. The first-order chi connectivity index (χ1) is 6.66. The number of anilines is 1. The second-order valence-electron chi connectivity index (χ2n) is 2.78. The number of hydrogen-bond donors (Lipinski definition) is 2. The van der Waals surface area contributed by atoms with Gasteiger partial charge in [-0.25, -0.2) is 0 Å². The highest BCUT2D eigenvalue weighted by atomic mass is 35.5. The number of halogens is 1. The van der Waals surface area contributed by atoms with Gasteiger partial charge in [-0.3, -0.25) is 0 Å². The molecule has 0 radical (unpaired) electrons. The molecule has 1 aromatic carbocycles. The van der Waals surface area contributed by atoms with Crippen LogP contribution in [0.2, 0.25) is 5.02 Å². The Hall–Kier alpha value is -1.68. The van der Waals surface area contributed by atoms with E-state index in [1.54, 1.807) is 12.1 Å². The van der Waals surface area contributed by atoms with Gasteiger partial charge in [-0.1, -0.05) is 16.8 Å². The van der Waals surface area contributed by atoms with Gasteiger partial charge in [-0.2, -0.15) is 0 Å². The van der Waals surface area contributed by atoms with Crippen LogP contribution in [0.4, 0.5) is 5.82 Å². The van der Waals surface area contributed by atoms with E-state index in [0.29, 0.717) is 16.3 Å². The Morgan fingerprint density at radius 1 is 1.36 bits per heavy atom. The maximum absolute atomic E-state index is 9.51. The fourth-order valence-corrected chi connectivity index (χ4v) is 1.29. The average molecular weight is 211 g/mol. The van der Waals surface area contributed by atoms with E-state index in [-0.39, 0.29) is 11.6 Å². The number of aromatic nitrogens is 1. The Kier molecular flexibility index (Phi) is 2.05. The molecule has 0 amide bonds. The highest BCUT2D eigenvalue weighted by molar-refractivity contribution is 6.30. The highest BCUT2D eigenvalue weighted by Gasteiger charge is 2.09. The number of nitrogens with two attached hydrogens (primary N) is 1. The van der Waals surface area contributed by atoms with Gasteiger partial charge in [0.1, 0.15) is 5.75 Å². The summed E-state index contributed by atoms with van der Waals surface area (Å²) in [7, 11) is 0. The molecule has 1 heterocycles. The zero-order valence-electron chi connectivity index (χ0n) is 7.07. The van der Waals surface area contributed by atoms with Crippen molar-refractivity contribution in [2.24, 2.45) is 0 Å². The molecule has 72 valence electrons. The van der Waals surface area contributed by atoms with Crippen LogP contribution in [0.5, 0.6) is 5.75 Å². The first-order valence-electron chi connectivity index (χ1n) is 3.88. The van der Waals surface area contributed by atoms with E-state index in [4.69, 9.17) is 21.9 Å². The molecule has 0 unspecified atom stereocenters. The third-order valence-electron chi connectivity index (χ3n) is 1.75. The van der Waals surface area contributed by atoms with Crippen LogP contribution in [0.1, 0.15) is 0 Å². The van der Waals surface area contributed by atoms with Gasteiger partial charge in [-0.05, 0) is 18.2 Å². The van der Waals surface area contributed by atoms with Crippen LogP contribution >= 0.6 is 11.6 Å². The van der Waals surface area contributed by atoms with Crippen molar-refractivity contribution in [3.8, 4) is 17.1 Å². The van der Waals surface area contributed by atoms with Gasteiger partial charge in [0.2, 0.25) is 0 Å². The van der Waals surface area contributed by atoms with Crippen molar-refractivity contribution in [2.45, 2.75) is 0 Å². The summed E-state index contributed by atoms with van der Waals surface area (Å²) < 4.78 is 4.89. The summed E-state index contributed by atoms with van der Waals surface area (Å²) in [6, 6.07) is 6.17. The van der Waals surface area contributed by atoms with Crippen LogP contribution in [0.15, 0.2) is 28.8 Å². The number of rotatable bonds is 1. The van der Waals surface area contributed by atoms with Crippen molar-refractivity contribution in [1.82, 2.24) is 5.16 Å². The molecule has 0 aliphatic rings. The van der Waals surface area contributed by atoms with Crippen LogP contribution in [-0.2, 0) is 0 Å². The molecule has 14 heavy (non-hydrogen) atoms. The second kappa shape index (κ2) is 3.23. The first-order valence-corrected chi connectivity index (χ1v) is 4.25. The minimum atomic E-state index is 0.0746. The predicted octanol–water partition coefficient (Wildman–Crippen LogP) is 2.28. The van der Waals surface area contributed by atoms with Crippen molar-refractivity contribution < 1.29 is 9.63 Å². The Bertz CT molecular complexity index is 468. The fraction of sp³-hybridized carbons (Fsp3) is 0. The van der Waals surface area contributed by atoms with Crippen molar-refractivity contribution in [2.75, 3.05) is 5.73 Å². The minimum absolute atomic E-state index is 0.0746. The molecule has 0 bridgehead atoms. The summed E-state index contributed by atoms with van der Waals surface area (Å²) in [5, 5.41) is 13.5. The molecule has 0 fully saturated rings. The molecule has 1 aromatic heterocycles. The lowest BCUT2D eigenvalue weighted by Crippen LogP contribution is -1.80. The van der Waals surface area contributed by atoms with Gasteiger partial charge in [0.05, 0.1) is 5.56 Å². The van der Waals surface area contributed by atoms with E-state index >= 15 is 0 Å². The van der Waals surface area contributed by atoms with Crippen LogP contribution in [0.3, 0.4) is 0 Å². The zero-order valence-corrected chi connectivity index (χ0v) is 7.82. The van der Waals surface area contributed by atoms with Gasteiger partial charge >= 0.3 is 0 Å². The number of nitrogen functional groups attached to an aromatic ring is 1. The number of aromatic hydroxyl groups is 1. The minimum Gasteiger partial charge on any atom is -0.507 e. The van der Waals surface area contributed by atoms with Gasteiger partial charge in [0, 0.05) is 11.1 Å². The van der Waals surface area contributed by atoms with E-state index < -0.39 is 0 Å². The topological polar surface area (TPSA) is 72.3 Å². The Morgan fingerprint density at radius 3 is 2.79 bits per heavy atom. The highest BCUT2D eigenvalue weighted by Crippen LogP contribution is 2.32. The van der Waals surface area contributed by atoms with Gasteiger partial charge in [0.15, 0.2) is 11.6 Å². The molecule has 2 aromatic rings. The SMILES string of the molecule is Nc1cc(-c2cc(Cl)ccc2O)on1. The maximum Gasteiger partial charge on any atom is 0.172 e. The molecule has 0 saturated carbocycles. The van der Waals surface area contributed by atoms with Crippen molar-refractivity contribution in [3.05, 3.63) is 29.3 Å². The summed E-state index contributed by atoms with van der Waals surface area (Å²) in [6.45, 7) is 0. The standard InChI is InChI=1S/C9H7ClN2O2/c10-5-1-2-7(13)6(3-5)8-4-9(11)12-14-8/h1-4,13H,(H2,11,12). The molecule has 5 heteroatoms. The molecule has 0 aliphatic heterocycles. The number of hydrogen-bond acceptors (Lipinski definition) is 4. The maximum atomic E-state index is 9.51. The number of benzene rings is 1. The van der Waals surface area contributed by atoms with Crippen LogP contribution in [-0.4, -0.2) is 10.3 Å². The van der Waals surface area contributed by atoms with E-state index in [1.807, 2.05) is 0 Å². The smallest absolute Gasteiger partial charge is 0.172 e. The summed E-state index contributed by atoms with van der Waals surface area (Å²) in [4.78, 5) is 0. The lowest BCUT2D eigenvalue weighted by molar-refractivity contribution is 0.429. The summed E-state index contributed by atoms with van der Waals surface area (Å²) in [5.74, 6) is 0.729. The van der Waals surface area contributed by atoms with Crippen molar-refractivity contribution in [1.29, 1.82) is 0 Å². The third-order valence-corrected chi connectivity index (χ3v) is 1.99. The number of nitrogens with zero attached hydrogens (tertiary/aromatic N) is 1. The summed E-state index contributed by atoms with van der Waals surface area (Å²) in [5.41, 5.74) is 5.86. The number of phenolic OH excluding ortho intramolecular Hbond substituents is 1. The normalized spacial score (nSPS) is 10.4. The molecule has 3 N–H and O–H groups in total. The molecule has 0 saturated heterocycles. The lowest BCUT2D eigenvalue weighted by atomic mass is 10.1. The van der Waals surface area contributed by atoms with Crippen molar-refractivity contribution in [3.63, 3.8) is 0 Å². The van der Waals surface area contributed by atoms with Crippen molar-refractivity contribution >= 4 is 17.4 Å². The zero-order chi connectivity index (χ0) is 10.1. The lowest BCUT2D eigenvalue weighted by Gasteiger charge is -1.99. The Morgan fingerprint density at radius 2 is 2.14 bits per heavy atom. The van der Waals surface area contributed by atoms with Gasteiger partial charge < -0.3 is 15.4 Å². The largest absolute Gasteiger partial charge is 0.507 e. The molecule has 0 spiro atoms. The van der Waals surface area contributed by atoms with Crippen LogP contribution in [0.25, 0.3) is 11.3 Å². The molecule has 0 aliphatic carbocycles. The van der Waals surface area contributed by atoms with Crippen LogP contribution < -0.4 is 5.73 Å².